The van der Waals surface area contributed by atoms with Crippen molar-refractivity contribution in [1.29, 1.82) is 0 Å². The van der Waals surface area contributed by atoms with Crippen molar-refractivity contribution >= 4 is 34.2 Å². The summed E-state index contributed by atoms with van der Waals surface area (Å²) in [6, 6.07) is 7.53. The molecule has 9 nitrogen and oxygen atoms in total. The molecule has 0 aliphatic heterocycles. The number of aromatic nitrogens is 6. The quantitative estimate of drug-likeness (QED) is 0.300. The molecule has 0 radical (unpaired) electrons. The molecular formula is C21H19N7O2S. The first-order chi connectivity index (χ1) is 15.2. The van der Waals surface area contributed by atoms with Crippen molar-refractivity contribution in [3.8, 4) is 10.9 Å². The van der Waals surface area contributed by atoms with Crippen LogP contribution >= 0.6 is 11.3 Å². The zero-order valence-electron chi connectivity index (χ0n) is 17.2. The topological polar surface area (TPSA) is 91.7 Å². The lowest BCUT2D eigenvalue weighted by Crippen LogP contribution is -1.98. The van der Waals surface area contributed by atoms with Crippen LogP contribution in [0.3, 0.4) is 0 Å². The lowest BCUT2D eigenvalue weighted by atomic mass is 10.2. The van der Waals surface area contributed by atoms with E-state index in [0.29, 0.717) is 5.82 Å². The van der Waals surface area contributed by atoms with E-state index in [1.54, 1.807) is 41.7 Å². The van der Waals surface area contributed by atoms with Crippen LogP contribution in [0.25, 0.3) is 21.8 Å². The number of benzene rings is 1. The second-order valence-corrected chi connectivity index (χ2v) is 7.75. The van der Waals surface area contributed by atoms with Gasteiger partial charge in [0.15, 0.2) is 28.9 Å². The van der Waals surface area contributed by atoms with Crippen molar-refractivity contribution in [2.75, 3.05) is 7.11 Å². The molecule has 0 fully saturated rings. The van der Waals surface area contributed by atoms with E-state index in [9.17, 15) is 0 Å². The van der Waals surface area contributed by atoms with Gasteiger partial charge in [0, 0.05) is 17.3 Å². The van der Waals surface area contributed by atoms with E-state index in [1.807, 2.05) is 29.6 Å². The number of hydrogen-bond donors (Lipinski definition) is 0. The molecule has 0 saturated heterocycles. The number of ether oxygens (including phenoxy) is 1. The molecule has 0 amide bonds. The third kappa shape index (κ3) is 3.40. The summed E-state index contributed by atoms with van der Waals surface area (Å²) in [5, 5.41) is 12.3. The summed E-state index contributed by atoms with van der Waals surface area (Å²) in [4.78, 5) is 19.1. The number of aryl methyl sites for hydroxylation is 1. The molecule has 0 atom stereocenters. The number of fused-ring (bicyclic) bond motifs is 3. The van der Waals surface area contributed by atoms with Crippen LogP contribution in [0.15, 0.2) is 47.3 Å². The van der Waals surface area contributed by atoms with Gasteiger partial charge in [-0.1, -0.05) is 5.16 Å². The van der Waals surface area contributed by atoms with E-state index >= 15 is 0 Å². The van der Waals surface area contributed by atoms with Crippen LogP contribution in [0.2, 0.25) is 0 Å². The molecule has 10 heteroatoms. The average molecular weight is 433 g/mol. The van der Waals surface area contributed by atoms with Gasteiger partial charge in [-0.3, -0.25) is 4.57 Å². The number of hydrogen-bond acceptors (Lipinski definition) is 8. The molecule has 4 heterocycles. The Hall–Kier alpha value is -3.79. The van der Waals surface area contributed by atoms with E-state index < -0.39 is 0 Å². The summed E-state index contributed by atoms with van der Waals surface area (Å²) < 4.78 is 8.87. The molecule has 5 rings (SSSR count). The van der Waals surface area contributed by atoms with Crippen LogP contribution in [0, 0.1) is 13.8 Å². The molecule has 0 bridgehead atoms. The van der Waals surface area contributed by atoms with Gasteiger partial charge in [-0.05, 0) is 49.2 Å². The summed E-state index contributed by atoms with van der Waals surface area (Å²) in [7, 11) is 1.63. The second kappa shape index (κ2) is 7.80. The maximum absolute atomic E-state index is 5.41. The van der Waals surface area contributed by atoms with Crippen molar-refractivity contribution in [3.05, 3.63) is 64.8 Å². The van der Waals surface area contributed by atoms with Crippen LogP contribution in [0.1, 0.15) is 22.6 Å². The predicted molar refractivity (Wildman–Crippen MR) is 118 cm³/mol. The number of methoxy groups -OCH3 is 1. The van der Waals surface area contributed by atoms with Gasteiger partial charge in [0.2, 0.25) is 0 Å². The largest absolute Gasteiger partial charge is 0.497 e. The van der Waals surface area contributed by atoms with Gasteiger partial charge in [0.05, 0.1) is 18.7 Å². The van der Waals surface area contributed by atoms with Crippen LogP contribution in [-0.4, -0.2) is 42.5 Å². The van der Waals surface area contributed by atoms with Gasteiger partial charge in [-0.2, -0.15) is 0 Å². The molecule has 0 N–H and O–H groups in total. The normalized spacial score (nSPS) is 11.7. The highest BCUT2D eigenvalue weighted by Gasteiger charge is 2.19. The number of rotatable bonds is 6. The van der Waals surface area contributed by atoms with Gasteiger partial charge in [0.1, 0.15) is 12.1 Å². The number of thiazole rings is 1. The fourth-order valence-corrected chi connectivity index (χ4v) is 4.10. The van der Waals surface area contributed by atoms with E-state index in [1.165, 1.54) is 0 Å². The Morgan fingerprint density at radius 3 is 2.71 bits per heavy atom. The molecule has 0 spiro atoms. The van der Waals surface area contributed by atoms with Crippen LogP contribution < -0.4 is 4.74 Å². The molecule has 31 heavy (non-hydrogen) atoms. The summed E-state index contributed by atoms with van der Waals surface area (Å²) in [5.74, 6) is 1.32. The van der Waals surface area contributed by atoms with Gasteiger partial charge in [-0.25, -0.2) is 19.5 Å². The Morgan fingerprint density at radius 1 is 1.13 bits per heavy atom. The average Bonchev–Trinajstić information content (AvgIpc) is 3.51. The second-order valence-electron chi connectivity index (χ2n) is 6.88. The zero-order chi connectivity index (χ0) is 21.4. The van der Waals surface area contributed by atoms with Crippen molar-refractivity contribution in [3.63, 3.8) is 0 Å². The van der Waals surface area contributed by atoms with Crippen LogP contribution in [0.5, 0.6) is 5.75 Å². The molecule has 1 aromatic carbocycles. The minimum Gasteiger partial charge on any atom is -0.497 e. The summed E-state index contributed by atoms with van der Waals surface area (Å²) in [5.41, 5.74) is 4.63. The summed E-state index contributed by atoms with van der Waals surface area (Å²) in [6.07, 6.45) is 5.09. The van der Waals surface area contributed by atoms with Crippen LogP contribution in [0.4, 0.5) is 0 Å². The van der Waals surface area contributed by atoms with Gasteiger partial charge >= 0.3 is 0 Å². The maximum Gasteiger partial charge on any atom is 0.195 e. The van der Waals surface area contributed by atoms with Crippen molar-refractivity contribution in [2.24, 2.45) is 5.16 Å². The standard InChI is InChI=1S/C21H19N7O2S/c1-13-14(2)28(21-22-8-9-31-21)19-18(13)20-25-17(26-27(20)12-23-19)11-30-24-10-15-4-6-16(29-3)7-5-15/h4-10,12H,11H2,1-3H3/b24-10-. The fourth-order valence-electron chi connectivity index (χ4n) is 3.41. The lowest BCUT2D eigenvalue weighted by Gasteiger charge is -2.02. The highest BCUT2D eigenvalue weighted by molar-refractivity contribution is 7.12. The smallest absolute Gasteiger partial charge is 0.195 e. The van der Waals surface area contributed by atoms with Crippen LogP contribution in [-0.2, 0) is 11.4 Å². The summed E-state index contributed by atoms with van der Waals surface area (Å²) >= 11 is 1.57. The molecule has 5 aromatic rings. The highest BCUT2D eigenvalue weighted by atomic mass is 32.1. The molecule has 4 aromatic heterocycles. The van der Waals surface area contributed by atoms with Crippen molar-refractivity contribution in [2.45, 2.75) is 20.5 Å². The summed E-state index contributed by atoms with van der Waals surface area (Å²) in [6.45, 7) is 4.28. The first-order valence-corrected chi connectivity index (χ1v) is 10.4. The molecular weight excluding hydrogens is 414 g/mol. The molecule has 0 unspecified atom stereocenters. The van der Waals surface area contributed by atoms with E-state index in [0.717, 1.165) is 44.4 Å². The Bertz CT molecular complexity index is 1390. The minimum absolute atomic E-state index is 0.154. The van der Waals surface area contributed by atoms with E-state index in [2.05, 4.69) is 43.6 Å². The first-order valence-electron chi connectivity index (χ1n) is 9.57. The maximum atomic E-state index is 5.41. The van der Waals surface area contributed by atoms with Gasteiger partial charge < -0.3 is 9.57 Å². The van der Waals surface area contributed by atoms with Gasteiger partial charge in [-0.15, -0.1) is 16.4 Å². The van der Waals surface area contributed by atoms with E-state index in [4.69, 9.17) is 9.57 Å². The monoisotopic (exact) mass is 433 g/mol. The Kier molecular flexibility index (Phi) is 4.83. The predicted octanol–water partition coefficient (Wildman–Crippen LogP) is 3.70. The highest BCUT2D eigenvalue weighted by Crippen LogP contribution is 2.30. The molecule has 0 aliphatic carbocycles. The third-order valence-corrected chi connectivity index (χ3v) is 5.83. The zero-order valence-corrected chi connectivity index (χ0v) is 18.0. The fraction of sp³-hybridized carbons (Fsp3) is 0.190. The lowest BCUT2D eigenvalue weighted by molar-refractivity contribution is 0.126. The van der Waals surface area contributed by atoms with Crippen molar-refractivity contribution < 1.29 is 9.57 Å². The minimum atomic E-state index is 0.154. The number of oxime groups is 1. The van der Waals surface area contributed by atoms with Gasteiger partial charge in [0.25, 0.3) is 0 Å². The van der Waals surface area contributed by atoms with Crippen molar-refractivity contribution in [1.82, 2.24) is 29.1 Å². The first kappa shape index (κ1) is 19.2. The third-order valence-electron chi connectivity index (χ3n) is 5.07. The number of nitrogens with zero attached hydrogens (tertiary/aromatic N) is 7. The Balaban J connectivity index is 1.41. The molecule has 0 saturated carbocycles. The Morgan fingerprint density at radius 2 is 1.97 bits per heavy atom. The molecule has 0 aliphatic rings. The van der Waals surface area contributed by atoms with E-state index in [-0.39, 0.29) is 6.61 Å². The Labute approximate surface area is 181 Å². The SMILES string of the molecule is COc1ccc(/C=N\OCc2nc3c4c(C)c(C)n(-c5nccs5)c4ncn3n2)cc1. The molecule has 156 valence electrons.